The average Bonchev–Trinajstić information content (AvgIpc) is 2.76. The van der Waals surface area contributed by atoms with Gasteiger partial charge in [-0.3, -0.25) is 4.79 Å². The lowest BCUT2D eigenvalue weighted by Crippen LogP contribution is -2.19. The molecule has 0 aliphatic carbocycles. The second kappa shape index (κ2) is 5.29. The molecule has 17 heavy (non-hydrogen) atoms. The van der Waals surface area contributed by atoms with Crippen molar-refractivity contribution in [2.75, 3.05) is 13.2 Å². The first-order chi connectivity index (χ1) is 8.15. The van der Waals surface area contributed by atoms with Crippen molar-refractivity contribution in [3.63, 3.8) is 0 Å². The fourth-order valence-electron chi connectivity index (χ4n) is 1.64. The molecule has 1 heterocycles. The molecule has 1 aromatic rings. The van der Waals surface area contributed by atoms with Gasteiger partial charge in [0.25, 0.3) is 0 Å². The van der Waals surface area contributed by atoms with E-state index in [0.717, 1.165) is 5.56 Å². The molecule has 0 spiro atoms. The number of ether oxygens (including phenoxy) is 3. The fourth-order valence-corrected chi connectivity index (χ4v) is 1.64. The Kier molecular flexibility index (Phi) is 3.76. The molecule has 2 rings (SSSR count). The molecular formula is C13H16O4. The largest absolute Gasteiger partial charge is 0.463 e. The maximum Gasteiger partial charge on any atom is 0.302 e. The average molecular weight is 236 g/mol. The third-order valence-corrected chi connectivity index (χ3v) is 2.57. The summed E-state index contributed by atoms with van der Waals surface area (Å²) < 4.78 is 16.0. The van der Waals surface area contributed by atoms with E-state index in [1.165, 1.54) is 12.5 Å². The van der Waals surface area contributed by atoms with Gasteiger partial charge in [0.05, 0.1) is 6.61 Å². The Labute approximate surface area is 100 Å². The Hall–Kier alpha value is -1.39. The van der Waals surface area contributed by atoms with Gasteiger partial charge < -0.3 is 14.2 Å². The Morgan fingerprint density at radius 1 is 1.41 bits per heavy atom. The highest BCUT2D eigenvalue weighted by Gasteiger charge is 2.27. The summed E-state index contributed by atoms with van der Waals surface area (Å²) >= 11 is 0. The van der Waals surface area contributed by atoms with Gasteiger partial charge in [0, 0.05) is 12.5 Å². The molecule has 0 bridgehead atoms. The molecule has 0 aromatic heterocycles. The summed E-state index contributed by atoms with van der Waals surface area (Å²) in [6.07, 6.45) is -0.527. The van der Waals surface area contributed by atoms with Crippen molar-refractivity contribution in [3.05, 3.63) is 35.4 Å². The third-order valence-electron chi connectivity index (χ3n) is 2.57. The molecule has 4 heteroatoms. The minimum absolute atomic E-state index is 0.176. The van der Waals surface area contributed by atoms with Gasteiger partial charge in [-0.2, -0.15) is 0 Å². The normalized spacial score (nSPS) is 23.6. The van der Waals surface area contributed by atoms with Gasteiger partial charge in [-0.15, -0.1) is 0 Å². The molecule has 0 unspecified atom stereocenters. The van der Waals surface area contributed by atoms with E-state index in [0.29, 0.717) is 6.61 Å². The van der Waals surface area contributed by atoms with Crippen LogP contribution in [0.25, 0.3) is 0 Å². The SMILES string of the molecule is CC(=O)OC[C@@H]1CO[C@@H](c2ccc(C)cc2)O1. The Morgan fingerprint density at radius 3 is 2.76 bits per heavy atom. The number of aryl methyl sites for hydroxylation is 1. The van der Waals surface area contributed by atoms with Crippen LogP contribution in [0.15, 0.2) is 24.3 Å². The summed E-state index contributed by atoms with van der Waals surface area (Å²) in [6, 6.07) is 7.99. The first kappa shape index (κ1) is 12.1. The van der Waals surface area contributed by atoms with E-state index in [4.69, 9.17) is 14.2 Å². The highest BCUT2D eigenvalue weighted by Crippen LogP contribution is 2.27. The van der Waals surface area contributed by atoms with Crippen LogP contribution in [0.5, 0.6) is 0 Å². The van der Waals surface area contributed by atoms with Gasteiger partial charge in [0.1, 0.15) is 12.7 Å². The monoisotopic (exact) mass is 236 g/mol. The minimum Gasteiger partial charge on any atom is -0.463 e. The molecular weight excluding hydrogens is 220 g/mol. The summed E-state index contributed by atoms with van der Waals surface area (Å²) in [4.78, 5) is 10.7. The number of hydrogen-bond acceptors (Lipinski definition) is 4. The van der Waals surface area contributed by atoms with E-state index >= 15 is 0 Å². The molecule has 2 atom stereocenters. The van der Waals surface area contributed by atoms with Gasteiger partial charge in [-0.25, -0.2) is 0 Å². The van der Waals surface area contributed by atoms with Crippen molar-refractivity contribution in [1.29, 1.82) is 0 Å². The van der Waals surface area contributed by atoms with E-state index in [2.05, 4.69) is 0 Å². The minimum atomic E-state index is -0.351. The zero-order valence-corrected chi connectivity index (χ0v) is 10.0. The van der Waals surface area contributed by atoms with Crippen LogP contribution in [0.3, 0.4) is 0 Å². The van der Waals surface area contributed by atoms with Crippen LogP contribution in [0.4, 0.5) is 0 Å². The van der Waals surface area contributed by atoms with Crippen LogP contribution in [0.1, 0.15) is 24.3 Å². The van der Waals surface area contributed by atoms with E-state index in [9.17, 15) is 4.79 Å². The van der Waals surface area contributed by atoms with Gasteiger partial charge in [-0.1, -0.05) is 29.8 Å². The third kappa shape index (κ3) is 3.28. The first-order valence-electron chi connectivity index (χ1n) is 5.62. The summed E-state index contributed by atoms with van der Waals surface area (Å²) in [5.41, 5.74) is 2.18. The molecule has 1 aliphatic rings. The number of benzene rings is 1. The van der Waals surface area contributed by atoms with Crippen molar-refractivity contribution in [2.24, 2.45) is 0 Å². The van der Waals surface area contributed by atoms with Crippen LogP contribution in [0.2, 0.25) is 0 Å². The summed E-state index contributed by atoms with van der Waals surface area (Å²) in [6.45, 7) is 4.11. The molecule has 0 N–H and O–H groups in total. The van der Waals surface area contributed by atoms with Gasteiger partial charge >= 0.3 is 5.97 Å². The lowest BCUT2D eigenvalue weighted by atomic mass is 10.1. The predicted octanol–water partition coefficient (Wildman–Crippen LogP) is 1.97. The molecule has 0 amide bonds. The van der Waals surface area contributed by atoms with Crippen molar-refractivity contribution < 1.29 is 19.0 Å². The fraction of sp³-hybridized carbons (Fsp3) is 0.462. The van der Waals surface area contributed by atoms with Crippen molar-refractivity contribution in [1.82, 2.24) is 0 Å². The lowest BCUT2D eigenvalue weighted by molar-refractivity contribution is -0.145. The van der Waals surface area contributed by atoms with Gasteiger partial charge in [-0.05, 0) is 6.92 Å². The van der Waals surface area contributed by atoms with Crippen LogP contribution in [0, 0.1) is 6.92 Å². The second-order valence-corrected chi connectivity index (χ2v) is 4.14. The Morgan fingerprint density at radius 2 is 2.12 bits per heavy atom. The van der Waals surface area contributed by atoms with E-state index < -0.39 is 0 Å². The van der Waals surface area contributed by atoms with E-state index in [-0.39, 0.29) is 25.0 Å². The number of rotatable bonds is 3. The lowest BCUT2D eigenvalue weighted by Gasteiger charge is -2.11. The van der Waals surface area contributed by atoms with Crippen molar-refractivity contribution in [3.8, 4) is 0 Å². The molecule has 0 radical (unpaired) electrons. The molecule has 1 aliphatic heterocycles. The van der Waals surface area contributed by atoms with Crippen LogP contribution >= 0.6 is 0 Å². The van der Waals surface area contributed by atoms with E-state index in [1.54, 1.807) is 0 Å². The number of carbonyl (C=O) groups excluding carboxylic acids is 1. The quantitative estimate of drug-likeness (QED) is 0.753. The molecule has 1 fully saturated rings. The molecule has 92 valence electrons. The highest BCUT2D eigenvalue weighted by atomic mass is 16.7. The Balaban J connectivity index is 1.89. The van der Waals surface area contributed by atoms with E-state index in [1.807, 2.05) is 31.2 Å². The summed E-state index contributed by atoms with van der Waals surface area (Å²) in [5, 5.41) is 0. The second-order valence-electron chi connectivity index (χ2n) is 4.14. The van der Waals surface area contributed by atoms with Gasteiger partial charge in [0.15, 0.2) is 6.29 Å². The van der Waals surface area contributed by atoms with Crippen LogP contribution in [-0.4, -0.2) is 25.3 Å². The number of carbonyl (C=O) groups is 1. The molecule has 1 aromatic carbocycles. The van der Waals surface area contributed by atoms with Crippen LogP contribution < -0.4 is 0 Å². The van der Waals surface area contributed by atoms with Gasteiger partial charge in [0.2, 0.25) is 0 Å². The standard InChI is InChI=1S/C13H16O4/c1-9-3-5-11(6-4-9)13-16-8-12(17-13)7-15-10(2)14/h3-6,12-13H,7-8H2,1-2H3/t12-,13-/m1/s1. The maximum absolute atomic E-state index is 10.7. The van der Waals surface area contributed by atoms with Crippen molar-refractivity contribution in [2.45, 2.75) is 26.2 Å². The van der Waals surface area contributed by atoms with Crippen molar-refractivity contribution >= 4 is 5.97 Å². The summed E-state index contributed by atoms with van der Waals surface area (Å²) in [5.74, 6) is -0.299. The molecule has 4 nitrogen and oxygen atoms in total. The number of hydrogen-bond donors (Lipinski definition) is 0. The molecule has 0 saturated carbocycles. The Bertz CT molecular complexity index is 385. The predicted molar refractivity (Wildman–Crippen MR) is 61.4 cm³/mol. The molecule has 1 saturated heterocycles. The first-order valence-corrected chi connectivity index (χ1v) is 5.62. The summed E-state index contributed by atoms with van der Waals surface area (Å²) in [7, 11) is 0. The zero-order valence-electron chi connectivity index (χ0n) is 10.0. The maximum atomic E-state index is 10.7. The number of esters is 1. The highest BCUT2D eigenvalue weighted by molar-refractivity contribution is 5.65. The van der Waals surface area contributed by atoms with Crippen LogP contribution in [-0.2, 0) is 19.0 Å². The topological polar surface area (TPSA) is 44.8 Å². The smallest absolute Gasteiger partial charge is 0.302 e. The zero-order chi connectivity index (χ0) is 12.3.